The number of benzene rings is 1. The molecule has 138 valence electrons. The summed E-state index contributed by atoms with van der Waals surface area (Å²) in [5, 5.41) is 25.4. The normalized spacial score (nSPS) is 11.6. The van der Waals surface area contributed by atoms with Crippen molar-refractivity contribution >= 4 is 23.3 Å². The summed E-state index contributed by atoms with van der Waals surface area (Å²) in [7, 11) is 0. The van der Waals surface area contributed by atoms with Crippen LogP contribution < -0.4 is 21.1 Å². The maximum absolute atomic E-state index is 12.1. The monoisotopic (exact) mass is 354 g/mol. The largest absolute Gasteiger partial charge is 0.494 e. The number of carbonyl (C=O) groups is 2. The van der Waals surface area contributed by atoms with Gasteiger partial charge in [0.1, 0.15) is 17.5 Å². The molecular formula is C15H22N4O6. The van der Waals surface area contributed by atoms with Crippen molar-refractivity contribution in [2.45, 2.75) is 25.8 Å². The Morgan fingerprint density at radius 3 is 2.72 bits per heavy atom. The number of anilines is 1. The molecular weight excluding hydrogens is 332 g/mol. The van der Waals surface area contributed by atoms with Gasteiger partial charge in [-0.2, -0.15) is 0 Å². The molecule has 5 N–H and O–H groups in total. The molecule has 0 aliphatic rings. The van der Waals surface area contributed by atoms with E-state index in [4.69, 9.17) is 15.6 Å². The van der Waals surface area contributed by atoms with Crippen LogP contribution in [0.3, 0.4) is 0 Å². The fraction of sp³-hybridized carbons (Fsp3) is 0.467. The number of carboxylic acids is 1. The summed E-state index contributed by atoms with van der Waals surface area (Å²) in [6, 6.07) is 2.93. The lowest BCUT2D eigenvalue weighted by Crippen LogP contribution is -2.40. The van der Waals surface area contributed by atoms with Gasteiger partial charge >= 0.3 is 5.97 Å². The molecule has 0 aliphatic carbocycles. The summed E-state index contributed by atoms with van der Waals surface area (Å²) in [5.74, 6) is -1.53. The van der Waals surface area contributed by atoms with E-state index in [9.17, 15) is 19.7 Å². The first-order valence-electron chi connectivity index (χ1n) is 7.76. The lowest BCUT2D eigenvalue weighted by molar-refractivity contribution is -0.384. The number of nitro groups is 1. The summed E-state index contributed by atoms with van der Waals surface area (Å²) in [6.45, 7) is 2.83. The number of carbonyl (C=O) groups excluding carboxylic acids is 1. The van der Waals surface area contributed by atoms with Gasteiger partial charge in [0.15, 0.2) is 0 Å². The van der Waals surface area contributed by atoms with Gasteiger partial charge in [-0.1, -0.05) is 0 Å². The molecule has 0 aliphatic heterocycles. The Morgan fingerprint density at radius 2 is 2.16 bits per heavy atom. The van der Waals surface area contributed by atoms with E-state index in [1.807, 2.05) is 0 Å². The van der Waals surface area contributed by atoms with Gasteiger partial charge in [0.05, 0.1) is 24.0 Å². The molecule has 1 aromatic rings. The number of nitrogens with two attached hydrogens (primary N) is 1. The minimum Gasteiger partial charge on any atom is -0.494 e. The molecule has 0 spiro atoms. The molecule has 10 heteroatoms. The molecule has 1 rings (SSSR count). The molecule has 1 aromatic carbocycles. The molecule has 0 unspecified atom stereocenters. The lowest BCUT2D eigenvalue weighted by Gasteiger charge is -2.14. The van der Waals surface area contributed by atoms with E-state index in [0.717, 1.165) is 0 Å². The third-order valence-corrected chi connectivity index (χ3v) is 3.21. The third kappa shape index (κ3) is 6.73. The molecule has 0 aromatic heterocycles. The van der Waals surface area contributed by atoms with Gasteiger partial charge in [-0.15, -0.1) is 0 Å². The van der Waals surface area contributed by atoms with E-state index < -0.39 is 22.8 Å². The highest BCUT2D eigenvalue weighted by molar-refractivity contribution is 5.95. The topological polar surface area (TPSA) is 157 Å². The van der Waals surface area contributed by atoms with E-state index in [0.29, 0.717) is 31.9 Å². The highest BCUT2D eigenvalue weighted by Gasteiger charge is 2.23. The van der Waals surface area contributed by atoms with Crippen LogP contribution in [0.5, 0.6) is 5.75 Å². The Balaban J connectivity index is 2.80. The van der Waals surface area contributed by atoms with Gasteiger partial charge in [-0.25, -0.2) is 0 Å². The lowest BCUT2D eigenvalue weighted by atomic mass is 10.1. The van der Waals surface area contributed by atoms with E-state index in [1.165, 1.54) is 18.2 Å². The maximum atomic E-state index is 12.1. The molecule has 0 fully saturated rings. The zero-order valence-corrected chi connectivity index (χ0v) is 13.9. The standard InChI is InChI=1S/C15H22N4O6/c1-2-25-10-4-5-11(13(8-10)19(23)24)18-14(20)9-12(15(21)22)17-7-3-6-16/h4-5,8,12,17H,2-3,6-7,9,16H2,1H3,(H,18,20)(H,21,22)/t12-/m0/s1. The number of hydrogen-bond acceptors (Lipinski definition) is 7. The molecule has 0 saturated carbocycles. The second-order valence-electron chi connectivity index (χ2n) is 5.11. The number of hydrogen-bond donors (Lipinski definition) is 4. The maximum Gasteiger partial charge on any atom is 0.321 e. The van der Waals surface area contributed by atoms with Gasteiger partial charge in [0.25, 0.3) is 5.69 Å². The summed E-state index contributed by atoms with van der Waals surface area (Å²) in [6.07, 6.45) is 0.194. The zero-order valence-electron chi connectivity index (χ0n) is 13.9. The first-order valence-corrected chi connectivity index (χ1v) is 7.76. The summed E-state index contributed by atoms with van der Waals surface area (Å²) in [4.78, 5) is 33.7. The van der Waals surface area contributed by atoms with Gasteiger partial charge in [0.2, 0.25) is 5.91 Å². The second kappa shape index (κ2) is 10.2. The van der Waals surface area contributed by atoms with Crippen LogP contribution in [0, 0.1) is 10.1 Å². The molecule has 0 heterocycles. The predicted molar refractivity (Wildman–Crippen MR) is 90.6 cm³/mol. The van der Waals surface area contributed by atoms with Crippen LogP contribution in [0.1, 0.15) is 19.8 Å². The fourth-order valence-electron chi connectivity index (χ4n) is 2.04. The van der Waals surface area contributed by atoms with Crippen molar-refractivity contribution in [1.29, 1.82) is 0 Å². The summed E-state index contributed by atoms with van der Waals surface area (Å²) in [5.41, 5.74) is 4.98. The van der Waals surface area contributed by atoms with Gasteiger partial charge in [0, 0.05) is 0 Å². The number of ether oxygens (including phenoxy) is 1. The Hall–Kier alpha value is -2.72. The van der Waals surface area contributed by atoms with Crippen molar-refractivity contribution in [3.8, 4) is 5.75 Å². The number of carboxylic acid groups (broad SMARTS) is 1. The van der Waals surface area contributed by atoms with Gasteiger partial charge < -0.3 is 26.2 Å². The van der Waals surface area contributed by atoms with Crippen molar-refractivity contribution in [2.24, 2.45) is 5.73 Å². The second-order valence-corrected chi connectivity index (χ2v) is 5.11. The van der Waals surface area contributed by atoms with E-state index in [1.54, 1.807) is 6.92 Å². The molecule has 1 atom stereocenters. The number of nitrogens with one attached hydrogen (secondary N) is 2. The molecule has 1 amide bonds. The number of nitro benzene ring substituents is 1. The molecule has 0 saturated heterocycles. The van der Waals surface area contributed by atoms with Crippen molar-refractivity contribution in [2.75, 3.05) is 25.0 Å². The SMILES string of the molecule is CCOc1ccc(NC(=O)C[C@H](NCCCN)C(=O)O)c([N+](=O)[O-])c1. The Bertz CT molecular complexity index is 622. The average molecular weight is 354 g/mol. The number of aliphatic carboxylic acids is 1. The Kier molecular flexibility index (Phi) is 8.30. The number of nitrogens with zero attached hydrogens (tertiary/aromatic N) is 1. The zero-order chi connectivity index (χ0) is 18.8. The summed E-state index contributed by atoms with van der Waals surface area (Å²) < 4.78 is 5.19. The number of amides is 1. The van der Waals surface area contributed by atoms with E-state index in [-0.39, 0.29) is 17.8 Å². The van der Waals surface area contributed by atoms with Crippen LogP contribution in [0.2, 0.25) is 0 Å². The van der Waals surface area contributed by atoms with Crippen molar-refractivity contribution in [1.82, 2.24) is 5.32 Å². The van der Waals surface area contributed by atoms with Crippen molar-refractivity contribution in [3.63, 3.8) is 0 Å². The van der Waals surface area contributed by atoms with Crippen molar-refractivity contribution in [3.05, 3.63) is 28.3 Å². The minimum absolute atomic E-state index is 0.0236. The molecule has 25 heavy (non-hydrogen) atoms. The third-order valence-electron chi connectivity index (χ3n) is 3.21. The Labute approximate surface area is 144 Å². The molecule has 0 bridgehead atoms. The summed E-state index contributed by atoms with van der Waals surface area (Å²) >= 11 is 0. The number of rotatable bonds is 11. The average Bonchev–Trinajstić information content (AvgIpc) is 2.55. The highest BCUT2D eigenvalue weighted by atomic mass is 16.6. The van der Waals surface area contributed by atoms with Crippen LogP contribution >= 0.6 is 0 Å². The molecule has 0 radical (unpaired) electrons. The van der Waals surface area contributed by atoms with E-state index >= 15 is 0 Å². The molecule has 10 nitrogen and oxygen atoms in total. The first kappa shape index (κ1) is 20.3. The fourth-order valence-corrected chi connectivity index (χ4v) is 2.04. The van der Waals surface area contributed by atoms with Crippen LogP contribution in [-0.2, 0) is 9.59 Å². The van der Waals surface area contributed by atoms with E-state index in [2.05, 4.69) is 10.6 Å². The quantitative estimate of drug-likeness (QED) is 0.257. The first-order chi connectivity index (χ1) is 11.9. The van der Waals surface area contributed by atoms with Crippen molar-refractivity contribution < 1.29 is 24.4 Å². The minimum atomic E-state index is -1.19. The van der Waals surface area contributed by atoms with Crippen LogP contribution in [0.25, 0.3) is 0 Å². The Morgan fingerprint density at radius 1 is 1.44 bits per heavy atom. The highest BCUT2D eigenvalue weighted by Crippen LogP contribution is 2.29. The predicted octanol–water partition coefficient (Wildman–Crippen LogP) is 0.714. The van der Waals surface area contributed by atoms with Crippen LogP contribution in [0.4, 0.5) is 11.4 Å². The van der Waals surface area contributed by atoms with Gasteiger partial charge in [-0.3, -0.25) is 19.7 Å². The smallest absolute Gasteiger partial charge is 0.321 e. The van der Waals surface area contributed by atoms with Crippen LogP contribution in [0.15, 0.2) is 18.2 Å². The van der Waals surface area contributed by atoms with Crippen LogP contribution in [-0.4, -0.2) is 47.6 Å². The van der Waals surface area contributed by atoms with Gasteiger partial charge in [-0.05, 0) is 38.6 Å².